The lowest BCUT2D eigenvalue weighted by molar-refractivity contribution is 0.240. The van der Waals surface area contributed by atoms with Crippen molar-refractivity contribution in [1.82, 2.24) is 20.0 Å². The molecule has 3 aliphatic rings. The van der Waals surface area contributed by atoms with Gasteiger partial charge in [-0.3, -0.25) is 14.7 Å². The zero-order valence-corrected chi connectivity index (χ0v) is 14.3. The van der Waals surface area contributed by atoms with Crippen molar-refractivity contribution in [2.24, 2.45) is 0 Å². The standard InChI is InChI=1S/C18H23N5O2/c24-17-10-15(12-1-2-12)19-18(20-17)23-7-5-22(6-8-23)11-14-9-16(25-21-14)13-3-4-13/h9-10,12-13H,1-8,11H2,(H,19,20,24). The normalized spacial score (nSPS) is 21.7. The first-order valence-electron chi connectivity index (χ1n) is 9.28. The van der Waals surface area contributed by atoms with E-state index in [0.717, 1.165) is 68.7 Å². The number of aromatic amines is 1. The van der Waals surface area contributed by atoms with Crippen molar-refractivity contribution in [2.75, 3.05) is 31.1 Å². The van der Waals surface area contributed by atoms with Crippen LogP contribution in [0.3, 0.4) is 0 Å². The molecular weight excluding hydrogens is 318 g/mol. The summed E-state index contributed by atoms with van der Waals surface area (Å²) in [6.07, 6.45) is 4.78. The monoisotopic (exact) mass is 341 g/mol. The fourth-order valence-corrected chi connectivity index (χ4v) is 3.51. The number of rotatable bonds is 5. The highest BCUT2D eigenvalue weighted by Crippen LogP contribution is 2.40. The van der Waals surface area contributed by atoms with Gasteiger partial charge in [0.25, 0.3) is 5.56 Å². The first kappa shape index (κ1) is 15.1. The quantitative estimate of drug-likeness (QED) is 0.894. The number of hydrogen-bond donors (Lipinski definition) is 1. The number of nitrogens with zero attached hydrogens (tertiary/aromatic N) is 4. The van der Waals surface area contributed by atoms with E-state index in [4.69, 9.17) is 4.52 Å². The maximum absolute atomic E-state index is 11.9. The summed E-state index contributed by atoms with van der Waals surface area (Å²) in [5, 5.41) is 4.21. The molecule has 25 heavy (non-hydrogen) atoms. The lowest BCUT2D eigenvalue weighted by atomic mass is 10.2. The fourth-order valence-electron chi connectivity index (χ4n) is 3.51. The SMILES string of the molecule is O=c1cc(C2CC2)nc(N2CCN(Cc3cc(C4CC4)on3)CC2)[nH]1. The molecule has 3 heterocycles. The topological polar surface area (TPSA) is 78.3 Å². The summed E-state index contributed by atoms with van der Waals surface area (Å²) >= 11 is 0. The molecule has 1 saturated heterocycles. The Hall–Kier alpha value is -2.15. The van der Waals surface area contributed by atoms with Gasteiger partial charge in [-0.25, -0.2) is 4.98 Å². The van der Waals surface area contributed by atoms with Crippen molar-refractivity contribution in [3.8, 4) is 0 Å². The van der Waals surface area contributed by atoms with Crippen LogP contribution in [-0.2, 0) is 6.54 Å². The molecule has 0 radical (unpaired) electrons. The smallest absolute Gasteiger partial charge is 0.252 e. The summed E-state index contributed by atoms with van der Waals surface area (Å²) in [5.41, 5.74) is 1.94. The molecule has 2 aliphatic carbocycles. The number of H-pyrrole nitrogens is 1. The van der Waals surface area contributed by atoms with Gasteiger partial charge >= 0.3 is 0 Å². The van der Waals surface area contributed by atoms with Gasteiger partial charge < -0.3 is 9.42 Å². The molecular formula is C18H23N5O2. The van der Waals surface area contributed by atoms with Gasteiger partial charge in [-0.05, 0) is 25.7 Å². The molecule has 0 amide bonds. The molecule has 2 saturated carbocycles. The second-order valence-electron chi connectivity index (χ2n) is 7.53. The van der Waals surface area contributed by atoms with Crippen LogP contribution in [0.1, 0.15) is 54.7 Å². The molecule has 0 aromatic carbocycles. The van der Waals surface area contributed by atoms with Crippen LogP contribution in [0.15, 0.2) is 21.5 Å². The van der Waals surface area contributed by atoms with Crippen LogP contribution in [0, 0.1) is 0 Å². The number of nitrogens with one attached hydrogen (secondary N) is 1. The molecule has 132 valence electrons. The van der Waals surface area contributed by atoms with Gasteiger partial charge in [0.2, 0.25) is 5.95 Å². The Balaban J connectivity index is 1.21. The molecule has 0 atom stereocenters. The highest BCUT2D eigenvalue weighted by molar-refractivity contribution is 5.33. The number of anilines is 1. The average molecular weight is 341 g/mol. The van der Waals surface area contributed by atoms with E-state index in [1.165, 1.54) is 12.8 Å². The van der Waals surface area contributed by atoms with Crippen LogP contribution >= 0.6 is 0 Å². The summed E-state index contributed by atoms with van der Waals surface area (Å²) in [5.74, 6) is 2.88. The van der Waals surface area contributed by atoms with Gasteiger partial charge in [-0.2, -0.15) is 0 Å². The van der Waals surface area contributed by atoms with Crippen molar-refractivity contribution in [2.45, 2.75) is 44.1 Å². The Bertz CT molecular complexity index is 813. The Labute approximate surface area is 146 Å². The summed E-state index contributed by atoms with van der Waals surface area (Å²) in [6, 6.07) is 3.77. The number of aromatic nitrogens is 3. The highest BCUT2D eigenvalue weighted by atomic mass is 16.5. The zero-order valence-electron chi connectivity index (χ0n) is 14.3. The maximum atomic E-state index is 11.9. The Morgan fingerprint density at radius 1 is 1.08 bits per heavy atom. The molecule has 2 aromatic heterocycles. The van der Waals surface area contributed by atoms with E-state index in [0.29, 0.717) is 11.8 Å². The zero-order chi connectivity index (χ0) is 16.8. The predicted octanol–water partition coefficient (Wildman–Crippen LogP) is 1.83. The van der Waals surface area contributed by atoms with Crippen LogP contribution in [-0.4, -0.2) is 46.2 Å². The lowest BCUT2D eigenvalue weighted by Gasteiger charge is -2.34. The minimum Gasteiger partial charge on any atom is -0.361 e. The van der Waals surface area contributed by atoms with Crippen molar-refractivity contribution < 1.29 is 4.52 Å². The number of piperazine rings is 1. The van der Waals surface area contributed by atoms with Gasteiger partial charge in [0.15, 0.2) is 0 Å². The van der Waals surface area contributed by atoms with E-state index >= 15 is 0 Å². The van der Waals surface area contributed by atoms with E-state index in [1.807, 2.05) is 0 Å². The van der Waals surface area contributed by atoms with E-state index in [1.54, 1.807) is 6.07 Å². The predicted molar refractivity (Wildman–Crippen MR) is 92.8 cm³/mol. The molecule has 2 aromatic rings. The van der Waals surface area contributed by atoms with Crippen molar-refractivity contribution in [3.05, 3.63) is 39.6 Å². The molecule has 0 bridgehead atoms. The number of hydrogen-bond acceptors (Lipinski definition) is 6. The molecule has 3 fully saturated rings. The van der Waals surface area contributed by atoms with Crippen LogP contribution in [0.4, 0.5) is 5.95 Å². The first-order valence-corrected chi connectivity index (χ1v) is 9.28. The van der Waals surface area contributed by atoms with Gasteiger partial charge in [-0.1, -0.05) is 5.16 Å². The molecule has 1 N–H and O–H groups in total. The van der Waals surface area contributed by atoms with Crippen LogP contribution < -0.4 is 10.5 Å². The molecule has 0 spiro atoms. The van der Waals surface area contributed by atoms with E-state index < -0.39 is 0 Å². The third kappa shape index (κ3) is 3.33. The van der Waals surface area contributed by atoms with Crippen LogP contribution in [0.5, 0.6) is 0 Å². The van der Waals surface area contributed by atoms with Gasteiger partial charge in [0.1, 0.15) is 5.76 Å². The second kappa shape index (κ2) is 5.98. The third-order valence-electron chi connectivity index (χ3n) is 5.36. The summed E-state index contributed by atoms with van der Waals surface area (Å²) in [7, 11) is 0. The molecule has 5 rings (SSSR count). The molecule has 7 heteroatoms. The van der Waals surface area contributed by atoms with Crippen molar-refractivity contribution >= 4 is 5.95 Å². The summed E-state index contributed by atoms with van der Waals surface area (Å²) in [4.78, 5) is 24.1. The molecule has 7 nitrogen and oxygen atoms in total. The average Bonchev–Trinajstić information content (AvgIpc) is 3.53. The molecule has 0 unspecified atom stereocenters. The Morgan fingerprint density at radius 2 is 1.84 bits per heavy atom. The second-order valence-corrected chi connectivity index (χ2v) is 7.53. The van der Waals surface area contributed by atoms with Crippen LogP contribution in [0.2, 0.25) is 0 Å². The highest BCUT2D eigenvalue weighted by Gasteiger charge is 2.29. The van der Waals surface area contributed by atoms with Crippen LogP contribution in [0.25, 0.3) is 0 Å². The molecule has 1 aliphatic heterocycles. The Kier molecular flexibility index (Phi) is 3.62. The lowest BCUT2D eigenvalue weighted by Crippen LogP contribution is -2.47. The fraction of sp³-hybridized carbons (Fsp3) is 0.611. The largest absolute Gasteiger partial charge is 0.361 e. The maximum Gasteiger partial charge on any atom is 0.252 e. The van der Waals surface area contributed by atoms with Gasteiger partial charge in [0, 0.05) is 56.7 Å². The van der Waals surface area contributed by atoms with Gasteiger partial charge in [-0.15, -0.1) is 0 Å². The van der Waals surface area contributed by atoms with E-state index in [9.17, 15) is 4.79 Å². The van der Waals surface area contributed by atoms with Gasteiger partial charge in [0.05, 0.1) is 11.4 Å². The minimum atomic E-state index is -0.0375. The van der Waals surface area contributed by atoms with E-state index in [2.05, 4.69) is 31.0 Å². The summed E-state index contributed by atoms with van der Waals surface area (Å²) in [6.45, 7) is 4.43. The minimum absolute atomic E-state index is 0.0375. The first-order chi connectivity index (χ1) is 12.2. The van der Waals surface area contributed by atoms with E-state index in [-0.39, 0.29) is 5.56 Å². The Morgan fingerprint density at radius 3 is 2.56 bits per heavy atom. The summed E-state index contributed by atoms with van der Waals surface area (Å²) < 4.78 is 5.44. The third-order valence-corrected chi connectivity index (χ3v) is 5.36. The van der Waals surface area contributed by atoms with Crippen molar-refractivity contribution in [1.29, 1.82) is 0 Å². The van der Waals surface area contributed by atoms with Crippen molar-refractivity contribution in [3.63, 3.8) is 0 Å².